The highest BCUT2D eigenvalue weighted by Crippen LogP contribution is 2.36. The average Bonchev–Trinajstić information content (AvgIpc) is 2.95. The molecule has 0 aliphatic carbocycles. The normalized spacial score (nSPS) is 23.9. The lowest BCUT2D eigenvalue weighted by molar-refractivity contribution is 0.331. The van der Waals surface area contributed by atoms with E-state index in [1.165, 1.54) is 0 Å². The van der Waals surface area contributed by atoms with Crippen LogP contribution in [0.1, 0.15) is 32.1 Å². The Kier molecular flexibility index (Phi) is 3.04. The van der Waals surface area contributed by atoms with Crippen molar-refractivity contribution in [3.05, 3.63) is 29.1 Å². The van der Waals surface area contributed by atoms with Crippen molar-refractivity contribution >= 4 is 22.7 Å². The monoisotopic (exact) mass is 264 g/mol. The Labute approximate surface area is 112 Å². The van der Waals surface area contributed by atoms with Crippen molar-refractivity contribution in [1.29, 1.82) is 0 Å². The quantitative estimate of drug-likeness (QED) is 0.922. The molecule has 1 N–H and O–H groups in total. The molecule has 18 heavy (non-hydrogen) atoms. The summed E-state index contributed by atoms with van der Waals surface area (Å²) in [7, 11) is 0. The van der Waals surface area contributed by atoms with Gasteiger partial charge in [0.15, 0.2) is 5.58 Å². The minimum Gasteiger partial charge on any atom is -0.440 e. The first kappa shape index (κ1) is 12.0. The lowest BCUT2D eigenvalue weighted by Crippen LogP contribution is -2.29. The first-order chi connectivity index (χ1) is 8.73. The van der Waals surface area contributed by atoms with Gasteiger partial charge in [0.25, 0.3) is 0 Å². The van der Waals surface area contributed by atoms with E-state index in [1.807, 2.05) is 18.2 Å². The summed E-state index contributed by atoms with van der Waals surface area (Å²) < 4.78 is 5.95. The van der Waals surface area contributed by atoms with Crippen LogP contribution in [-0.2, 0) is 5.41 Å². The lowest BCUT2D eigenvalue weighted by atomic mass is 9.82. The summed E-state index contributed by atoms with van der Waals surface area (Å²) >= 11 is 5.99. The van der Waals surface area contributed by atoms with E-state index in [0.717, 1.165) is 49.3 Å². The molecule has 0 amide bonds. The minimum absolute atomic E-state index is 0.0697. The fourth-order valence-electron chi connectivity index (χ4n) is 2.85. The Balaban J connectivity index is 2.06. The van der Waals surface area contributed by atoms with Gasteiger partial charge in [-0.15, -0.1) is 0 Å². The number of hydrogen-bond acceptors (Lipinski definition) is 3. The first-order valence-electron chi connectivity index (χ1n) is 6.51. The number of oxazole rings is 1. The summed E-state index contributed by atoms with van der Waals surface area (Å²) in [6.07, 6.45) is 3.35. The molecule has 1 unspecified atom stereocenters. The maximum Gasteiger partial charge on any atom is 0.203 e. The van der Waals surface area contributed by atoms with Gasteiger partial charge in [-0.1, -0.05) is 24.9 Å². The van der Waals surface area contributed by atoms with Crippen molar-refractivity contribution in [1.82, 2.24) is 10.3 Å². The van der Waals surface area contributed by atoms with Crippen LogP contribution in [-0.4, -0.2) is 18.1 Å². The average molecular weight is 265 g/mol. The smallest absolute Gasteiger partial charge is 0.203 e. The van der Waals surface area contributed by atoms with Gasteiger partial charge in [0, 0.05) is 11.6 Å². The van der Waals surface area contributed by atoms with Crippen molar-refractivity contribution in [3.8, 4) is 0 Å². The summed E-state index contributed by atoms with van der Waals surface area (Å²) in [5.74, 6) is 0.867. The standard InChI is InChI=1S/C14H17ClN2O/c1-2-5-14(6-7-16-9-14)13-17-11-8-10(15)3-4-12(11)18-13/h3-4,8,16H,2,5-7,9H2,1H3. The van der Waals surface area contributed by atoms with E-state index in [-0.39, 0.29) is 5.41 Å². The molecule has 0 radical (unpaired) electrons. The predicted octanol–water partition coefficient (Wildman–Crippen LogP) is 3.51. The Morgan fingerprint density at radius 2 is 2.39 bits per heavy atom. The lowest BCUT2D eigenvalue weighted by Gasteiger charge is -2.23. The van der Waals surface area contributed by atoms with E-state index >= 15 is 0 Å². The van der Waals surface area contributed by atoms with Crippen molar-refractivity contribution in [3.63, 3.8) is 0 Å². The second kappa shape index (κ2) is 4.56. The first-order valence-corrected chi connectivity index (χ1v) is 6.89. The van der Waals surface area contributed by atoms with Crippen LogP contribution in [0, 0.1) is 0 Å². The Morgan fingerprint density at radius 1 is 1.50 bits per heavy atom. The molecule has 1 saturated heterocycles. The number of benzene rings is 1. The number of hydrogen-bond donors (Lipinski definition) is 1. The highest BCUT2D eigenvalue weighted by molar-refractivity contribution is 6.31. The Bertz CT molecular complexity index is 558. The second-order valence-electron chi connectivity index (χ2n) is 5.09. The third kappa shape index (κ3) is 1.91. The van der Waals surface area contributed by atoms with E-state index in [2.05, 4.69) is 17.2 Å². The van der Waals surface area contributed by atoms with Crippen molar-refractivity contribution in [2.24, 2.45) is 0 Å². The molecule has 1 aliphatic heterocycles. The summed E-state index contributed by atoms with van der Waals surface area (Å²) in [5.41, 5.74) is 1.76. The molecule has 96 valence electrons. The number of rotatable bonds is 3. The molecule has 3 nitrogen and oxygen atoms in total. The molecule has 0 saturated carbocycles. The molecule has 1 aromatic heterocycles. The Hall–Kier alpha value is -1.06. The zero-order valence-electron chi connectivity index (χ0n) is 10.5. The molecule has 2 heterocycles. The molecular formula is C14H17ClN2O. The van der Waals surface area contributed by atoms with E-state index in [0.29, 0.717) is 5.02 Å². The number of halogens is 1. The van der Waals surface area contributed by atoms with E-state index in [9.17, 15) is 0 Å². The molecule has 4 heteroatoms. The van der Waals surface area contributed by atoms with Gasteiger partial charge in [-0.2, -0.15) is 0 Å². The topological polar surface area (TPSA) is 38.1 Å². The van der Waals surface area contributed by atoms with Crippen LogP contribution in [0.4, 0.5) is 0 Å². The third-order valence-corrected chi connectivity index (χ3v) is 4.01. The van der Waals surface area contributed by atoms with Gasteiger partial charge in [0.2, 0.25) is 5.89 Å². The minimum atomic E-state index is 0.0697. The van der Waals surface area contributed by atoms with E-state index in [1.54, 1.807) is 0 Å². The summed E-state index contributed by atoms with van der Waals surface area (Å²) in [6.45, 7) is 4.21. The number of nitrogens with one attached hydrogen (secondary N) is 1. The number of aromatic nitrogens is 1. The summed E-state index contributed by atoms with van der Waals surface area (Å²) in [4.78, 5) is 4.66. The van der Waals surface area contributed by atoms with Gasteiger partial charge in [-0.3, -0.25) is 0 Å². The van der Waals surface area contributed by atoms with Crippen LogP contribution in [0.15, 0.2) is 22.6 Å². The molecule has 2 aromatic rings. The van der Waals surface area contributed by atoms with Crippen molar-refractivity contribution in [2.45, 2.75) is 31.6 Å². The van der Waals surface area contributed by atoms with Crippen LogP contribution in [0.3, 0.4) is 0 Å². The fourth-order valence-corrected chi connectivity index (χ4v) is 3.02. The van der Waals surface area contributed by atoms with Gasteiger partial charge in [-0.25, -0.2) is 4.98 Å². The summed E-state index contributed by atoms with van der Waals surface area (Å²) in [5, 5.41) is 4.13. The molecule has 0 spiro atoms. The van der Waals surface area contributed by atoms with E-state index < -0.39 is 0 Å². The van der Waals surface area contributed by atoms with Gasteiger partial charge in [0.1, 0.15) is 5.52 Å². The zero-order valence-corrected chi connectivity index (χ0v) is 11.3. The maximum absolute atomic E-state index is 5.99. The van der Waals surface area contributed by atoms with Crippen LogP contribution in [0.5, 0.6) is 0 Å². The van der Waals surface area contributed by atoms with Crippen LogP contribution in [0.25, 0.3) is 11.1 Å². The largest absolute Gasteiger partial charge is 0.440 e. The molecule has 1 fully saturated rings. The molecule has 1 atom stereocenters. The maximum atomic E-state index is 5.99. The van der Waals surface area contributed by atoms with Gasteiger partial charge < -0.3 is 9.73 Å². The second-order valence-corrected chi connectivity index (χ2v) is 5.52. The zero-order chi connectivity index (χ0) is 12.6. The van der Waals surface area contributed by atoms with Gasteiger partial charge in [-0.05, 0) is 37.6 Å². The van der Waals surface area contributed by atoms with Crippen LogP contribution < -0.4 is 5.32 Å². The predicted molar refractivity (Wildman–Crippen MR) is 73.1 cm³/mol. The number of nitrogens with zero attached hydrogens (tertiary/aromatic N) is 1. The van der Waals surface area contributed by atoms with Crippen LogP contribution >= 0.6 is 11.6 Å². The molecule has 3 rings (SSSR count). The molecule has 1 aliphatic rings. The summed E-state index contributed by atoms with van der Waals surface area (Å²) in [6, 6.07) is 5.61. The Morgan fingerprint density at radius 3 is 3.11 bits per heavy atom. The molecular weight excluding hydrogens is 248 g/mol. The van der Waals surface area contributed by atoms with Crippen molar-refractivity contribution in [2.75, 3.05) is 13.1 Å². The highest BCUT2D eigenvalue weighted by atomic mass is 35.5. The number of fused-ring (bicyclic) bond motifs is 1. The van der Waals surface area contributed by atoms with Crippen LogP contribution in [0.2, 0.25) is 5.02 Å². The highest BCUT2D eigenvalue weighted by Gasteiger charge is 2.39. The SMILES string of the molecule is CCCC1(c2nc3cc(Cl)ccc3o2)CCNC1. The third-order valence-electron chi connectivity index (χ3n) is 3.78. The molecule has 0 bridgehead atoms. The van der Waals surface area contributed by atoms with Crippen molar-refractivity contribution < 1.29 is 4.42 Å². The fraction of sp³-hybridized carbons (Fsp3) is 0.500. The molecule has 1 aromatic carbocycles. The van der Waals surface area contributed by atoms with E-state index in [4.69, 9.17) is 16.0 Å². The van der Waals surface area contributed by atoms with Gasteiger partial charge >= 0.3 is 0 Å². The van der Waals surface area contributed by atoms with Gasteiger partial charge in [0.05, 0.1) is 5.41 Å².